The molecule has 0 aromatic heterocycles. The smallest absolute Gasteiger partial charge is 0.222 e. The van der Waals surface area contributed by atoms with Crippen LogP contribution in [-0.4, -0.2) is 48.4 Å². The van der Waals surface area contributed by atoms with Crippen LogP contribution in [0.4, 0.5) is 0 Å². The average molecular weight is 362 g/mol. The Hall–Kier alpha value is -0.810. The van der Waals surface area contributed by atoms with E-state index in [0.717, 1.165) is 38.9 Å². The Morgan fingerprint density at radius 3 is 2.65 bits per heavy atom. The Morgan fingerprint density at radius 1 is 1.30 bits per heavy atom. The number of halogens is 2. The number of rotatable bonds is 6. The first-order chi connectivity index (χ1) is 10.2. The fraction of sp³-hybridized carbons (Fsp3) is 0.588. The van der Waals surface area contributed by atoms with E-state index in [0.29, 0.717) is 19.0 Å². The maximum atomic E-state index is 12.1. The first-order valence-corrected chi connectivity index (χ1v) is 7.92. The van der Waals surface area contributed by atoms with Gasteiger partial charge in [0.15, 0.2) is 0 Å². The Bertz CT molecular complexity index is 445. The van der Waals surface area contributed by atoms with E-state index in [1.807, 2.05) is 18.0 Å². The van der Waals surface area contributed by atoms with Crippen LogP contribution in [0.15, 0.2) is 30.3 Å². The molecule has 1 fully saturated rings. The van der Waals surface area contributed by atoms with Crippen LogP contribution in [0.1, 0.15) is 31.2 Å². The summed E-state index contributed by atoms with van der Waals surface area (Å²) in [6.07, 6.45) is 3.62. The number of carbonyl (C=O) groups excluding carboxylic acids is 1. The van der Waals surface area contributed by atoms with Crippen LogP contribution in [0.2, 0.25) is 0 Å². The third-order valence-corrected chi connectivity index (χ3v) is 4.27. The Labute approximate surface area is 152 Å². The lowest BCUT2D eigenvalue weighted by Crippen LogP contribution is -2.48. The van der Waals surface area contributed by atoms with Crippen molar-refractivity contribution in [1.29, 1.82) is 0 Å². The van der Waals surface area contributed by atoms with Crippen LogP contribution in [0.25, 0.3) is 0 Å². The summed E-state index contributed by atoms with van der Waals surface area (Å²) in [4.78, 5) is 16.5. The van der Waals surface area contributed by atoms with Gasteiger partial charge in [-0.15, -0.1) is 24.8 Å². The second-order valence-electron chi connectivity index (χ2n) is 5.91. The van der Waals surface area contributed by atoms with E-state index in [9.17, 15) is 4.79 Å². The fourth-order valence-corrected chi connectivity index (χ4v) is 2.97. The molecule has 0 aliphatic carbocycles. The molecule has 2 N–H and O–H groups in total. The number of amides is 1. The highest BCUT2D eigenvalue weighted by Crippen LogP contribution is 2.18. The summed E-state index contributed by atoms with van der Waals surface area (Å²) in [7, 11) is 1.94. The third kappa shape index (κ3) is 7.08. The van der Waals surface area contributed by atoms with E-state index >= 15 is 0 Å². The summed E-state index contributed by atoms with van der Waals surface area (Å²) in [6.45, 7) is 3.66. The lowest BCUT2D eigenvalue weighted by Gasteiger charge is -2.37. The highest BCUT2D eigenvalue weighted by molar-refractivity contribution is 5.85. The van der Waals surface area contributed by atoms with Crippen LogP contribution < -0.4 is 5.73 Å². The minimum absolute atomic E-state index is 0. The maximum absolute atomic E-state index is 12.1. The first-order valence-electron chi connectivity index (χ1n) is 7.92. The summed E-state index contributed by atoms with van der Waals surface area (Å²) >= 11 is 0. The van der Waals surface area contributed by atoms with Gasteiger partial charge in [0.05, 0.1) is 0 Å². The van der Waals surface area contributed by atoms with E-state index in [1.54, 1.807) is 0 Å². The summed E-state index contributed by atoms with van der Waals surface area (Å²) in [5.74, 6) is 0.229. The monoisotopic (exact) mass is 361 g/mol. The van der Waals surface area contributed by atoms with Crippen LogP contribution in [0.5, 0.6) is 0 Å². The fourth-order valence-electron chi connectivity index (χ4n) is 2.97. The number of nitrogens with zero attached hydrogens (tertiary/aromatic N) is 2. The average Bonchev–Trinajstić information content (AvgIpc) is 2.53. The summed E-state index contributed by atoms with van der Waals surface area (Å²) < 4.78 is 0. The minimum Gasteiger partial charge on any atom is -0.341 e. The lowest BCUT2D eigenvalue weighted by atomic mass is 10.0. The van der Waals surface area contributed by atoms with E-state index in [-0.39, 0.29) is 30.7 Å². The van der Waals surface area contributed by atoms with E-state index < -0.39 is 0 Å². The van der Waals surface area contributed by atoms with Crippen LogP contribution >= 0.6 is 24.8 Å². The molecule has 1 aliphatic heterocycles. The molecule has 0 bridgehead atoms. The molecular weight excluding hydrogens is 333 g/mol. The van der Waals surface area contributed by atoms with Gasteiger partial charge in [-0.2, -0.15) is 0 Å². The van der Waals surface area contributed by atoms with Crippen molar-refractivity contribution in [2.45, 2.75) is 38.3 Å². The Morgan fingerprint density at radius 2 is 2.00 bits per heavy atom. The highest BCUT2D eigenvalue weighted by Gasteiger charge is 2.25. The van der Waals surface area contributed by atoms with E-state index in [2.05, 4.69) is 29.2 Å². The van der Waals surface area contributed by atoms with E-state index in [1.165, 1.54) is 5.56 Å². The maximum Gasteiger partial charge on any atom is 0.222 e. The molecular formula is C17H29Cl2N3O. The van der Waals surface area contributed by atoms with Gasteiger partial charge in [-0.05, 0) is 37.9 Å². The predicted molar refractivity (Wildman–Crippen MR) is 100 cm³/mol. The van der Waals surface area contributed by atoms with Gasteiger partial charge in [-0.25, -0.2) is 0 Å². The van der Waals surface area contributed by atoms with Gasteiger partial charge in [0, 0.05) is 32.6 Å². The Balaban J connectivity index is 0.00000242. The van der Waals surface area contributed by atoms with Crippen molar-refractivity contribution in [2.75, 3.05) is 26.7 Å². The first kappa shape index (κ1) is 22.2. The number of likely N-dealkylation sites (tertiary alicyclic amines) is 1. The topological polar surface area (TPSA) is 49.6 Å². The molecule has 1 unspecified atom stereocenters. The minimum atomic E-state index is 0. The van der Waals surface area contributed by atoms with Gasteiger partial charge in [-0.1, -0.05) is 30.3 Å². The van der Waals surface area contributed by atoms with Gasteiger partial charge in [0.25, 0.3) is 0 Å². The molecule has 132 valence electrons. The van der Waals surface area contributed by atoms with Gasteiger partial charge in [0.2, 0.25) is 5.91 Å². The van der Waals surface area contributed by atoms with Crippen molar-refractivity contribution < 1.29 is 4.79 Å². The normalized spacial score (nSPS) is 17.7. The van der Waals surface area contributed by atoms with Gasteiger partial charge in [-0.3, -0.25) is 9.69 Å². The number of piperidine rings is 1. The zero-order valence-electron chi connectivity index (χ0n) is 13.8. The Kier molecular flexibility index (Phi) is 11.3. The molecule has 1 aliphatic rings. The molecule has 23 heavy (non-hydrogen) atoms. The molecule has 1 heterocycles. The zero-order valence-corrected chi connectivity index (χ0v) is 15.5. The number of likely N-dealkylation sites (N-methyl/N-ethyl adjacent to an activating group) is 1. The SMILES string of the molecule is CN(C(=O)CCCN)C1CCCN(Cc2ccccc2)C1.Cl.Cl. The number of carbonyl (C=O) groups is 1. The zero-order chi connectivity index (χ0) is 15.1. The highest BCUT2D eigenvalue weighted by atomic mass is 35.5. The van der Waals surface area contributed by atoms with Gasteiger partial charge >= 0.3 is 0 Å². The van der Waals surface area contributed by atoms with Crippen LogP contribution in [-0.2, 0) is 11.3 Å². The summed E-state index contributed by atoms with van der Waals surface area (Å²) in [5.41, 5.74) is 6.83. The van der Waals surface area contributed by atoms with Gasteiger partial charge in [0.1, 0.15) is 0 Å². The van der Waals surface area contributed by atoms with Crippen molar-refractivity contribution in [3.8, 4) is 0 Å². The molecule has 4 nitrogen and oxygen atoms in total. The van der Waals surface area contributed by atoms with Crippen molar-refractivity contribution in [3.05, 3.63) is 35.9 Å². The number of hydrogen-bond donors (Lipinski definition) is 1. The number of hydrogen-bond acceptors (Lipinski definition) is 3. The molecule has 0 radical (unpaired) electrons. The molecule has 0 spiro atoms. The van der Waals surface area contributed by atoms with Crippen molar-refractivity contribution in [2.24, 2.45) is 5.73 Å². The summed E-state index contributed by atoms with van der Waals surface area (Å²) in [6, 6.07) is 10.9. The lowest BCUT2D eigenvalue weighted by molar-refractivity contribution is -0.133. The van der Waals surface area contributed by atoms with Crippen molar-refractivity contribution in [1.82, 2.24) is 9.80 Å². The molecule has 1 amide bonds. The molecule has 1 aromatic rings. The second-order valence-corrected chi connectivity index (χ2v) is 5.91. The quantitative estimate of drug-likeness (QED) is 0.847. The van der Waals surface area contributed by atoms with Gasteiger partial charge < -0.3 is 10.6 Å². The number of benzene rings is 1. The van der Waals surface area contributed by atoms with Crippen LogP contribution in [0.3, 0.4) is 0 Å². The predicted octanol–water partition coefficient (Wildman–Crippen LogP) is 2.69. The number of nitrogens with two attached hydrogens (primary N) is 1. The molecule has 0 saturated carbocycles. The molecule has 1 aromatic carbocycles. The van der Waals surface area contributed by atoms with Crippen molar-refractivity contribution in [3.63, 3.8) is 0 Å². The third-order valence-electron chi connectivity index (χ3n) is 4.27. The second kappa shape index (κ2) is 11.7. The molecule has 1 atom stereocenters. The standard InChI is InChI=1S/C17H27N3O.2ClH/c1-19(17(21)10-5-11-18)16-9-6-12-20(14-16)13-15-7-3-2-4-8-15;;/h2-4,7-8,16H,5-6,9-14,18H2,1H3;2*1H. The van der Waals surface area contributed by atoms with Crippen molar-refractivity contribution >= 4 is 30.7 Å². The molecule has 1 saturated heterocycles. The van der Waals surface area contributed by atoms with E-state index in [4.69, 9.17) is 5.73 Å². The molecule has 2 rings (SSSR count). The summed E-state index contributed by atoms with van der Waals surface area (Å²) in [5, 5.41) is 0. The largest absolute Gasteiger partial charge is 0.341 e. The molecule has 6 heteroatoms. The van der Waals surface area contributed by atoms with Crippen LogP contribution in [0, 0.1) is 0 Å².